The summed E-state index contributed by atoms with van der Waals surface area (Å²) in [5, 5.41) is 2.99. The van der Waals surface area contributed by atoms with Crippen LogP contribution in [0.2, 0.25) is 0 Å². The highest BCUT2D eigenvalue weighted by Crippen LogP contribution is 2.39. The molecule has 0 bridgehead atoms. The van der Waals surface area contributed by atoms with Crippen LogP contribution in [0.3, 0.4) is 0 Å². The molecule has 1 unspecified atom stereocenters. The normalized spacial score (nSPS) is 17.0. The van der Waals surface area contributed by atoms with Crippen molar-refractivity contribution in [3.63, 3.8) is 0 Å². The van der Waals surface area contributed by atoms with Crippen molar-refractivity contribution < 1.29 is 14.3 Å². The number of hydrogen-bond donors (Lipinski definition) is 1. The molecule has 1 atom stereocenters. The molecule has 34 heavy (non-hydrogen) atoms. The highest BCUT2D eigenvalue weighted by Gasteiger charge is 2.31. The molecular formula is C27H28N4O3. The predicted octanol–water partition coefficient (Wildman–Crippen LogP) is 5.43. The van der Waals surface area contributed by atoms with Gasteiger partial charge in [0.15, 0.2) is 5.75 Å². The van der Waals surface area contributed by atoms with E-state index in [1.165, 1.54) is 0 Å². The Morgan fingerprint density at radius 3 is 2.74 bits per heavy atom. The van der Waals surface area contributed by atoms with Crippen molar-refractivity contribution >= 4 is 23.2 Å². The summed E-state index contributed by atoms with van der Waals surface area (Å²) in [5.41, 5.74) is 3.60. The van der Waals surface area contributed by atoms with Crippen molar-refractivity contribution in [2.75, 3.05) is 32.1 Å². The van der Waals surface area contributed by atoms with Gasteiger partial charge in [-0.25, -0.2) is 9.79 Å². The number of piperazine rings is 1. The fourth-order valence-corrected chi connectivity index (χ4v) is 4.42. The van der Waals surface area contributed by atoms with E-state index >= 15 is 0 Å². The van der Waals surface area contributed by atoms with Gasteiger partial charge in [-0.2, -0.15) is 0 Å². The second kappa shape index (κ2) is 9.09. The van der Waals surface area contributed by atoms with Crippen LogP contribution in [0.15, 0.2) is 71.7 Å². The Morgan fingerprint density at radius 1 is 1.06 bits per heavy atom. The second-order valence-corrected chi connectivity index (χ2v) is 8.66. The number of rotatable bonds is 2. The molecule has 1 N–H and O–H groups in total. The van der Waals surface area contributed by atoms with Gasteiger partial charge >= 0.3 is 6.03 Å². The predicted molar refractivity (Wildman–Crippen MR) is 134 cm³/mol. The monoisotopic (exact) mass is 456 g/mol. The maximum Gasteiger partial charge on any atom is 0.322 e. The maximum atomic E-state index is 13.0. The minimum atomic E-state index is -0.118. The Morgan fingerprint density at radius 2 is 1.91 bits per heavy atom. The average Bonchev–Trinajstić information content (AvgIpc) is 3.00. The highest BCUT2D eigenvalue weighted by molar-refractivity contribution is 6.04. The Kier molecular flexibility index (Phi) is 5.84. The summed E-state index contributed by atoms with van der Waals surface area (Å²) in [6, 6.07) is 21.3. The van der Waals surface area contributed by atoms with E-state index in [0.717, 1.165) is 34.1 Å². The van der Waals surface area contributed by atoms with Crippen molar-refractivity contribution in [1.82, 2.24) is 9.80 Å². The molecule has 2 aliphatic rings. The van der Waals surface area contributed by atoms with E-state index in [-0.39, 0.29) is 12.1 Å². The zero-order valence-corrected chi connectivity index (χ0v) is 19.6. The van der Waals surface area contributed by atoms with E-state index in [2.05, 4.69) is 17.1 Å². The Hall–Kier alpha value is -4.00. The number of anilines is 1. The lowest BCUT2D eigenvalue weighted by molar-refractivity contribution is 0.145. The Labute approximate surface area is 199 Å². The lowest BCUT2D eigenvalue weighted by atomic mass is 10.1. The van der Waals surface area contributed by atoms with Crippen molar-refractivity contribution in [3.05, 3.63) is 77.9 Å². The minimum absolute atomic E-state index is 0.00382. The summed E-state index contributed by atoms with van der Waals surface area (Å²) in [4.78, 5) is 22.2. The number of para-hydroxylation sites is 1. The van der Waals surface area contributed by atoms with Crippen molar-refractivity contribution in [3.8, 4) is 17.2 Å². The molecule has 3 aromatic carbocycles. The molecule has 1 saturated heterocycles. The van der Waals surface area contributed by atoms with Gasteiger partial charge in [-0.1, -0.05) is 24.3 Å². The third kappa shape index (κ3) is 4.29. The molecule has 7 heteroatoms. The van der Waals surface area contributed by atoms with Crippen LogP contribution in [0.25, 0.3) is 0 Å². The van der Waals surface area contributed by atoms with Gasteiger partial charge in [-0.05, 0) is 55.8 Å². The number of fused-ring (bicyclic) bond motifs is 2. The molecule has 2 heterocycles. The van der Waals surface area contributed by atoms with Crippen LogP contribution >= 0.6 is 0 Å². The molecule has 2 amide bonds. The molecule has 1 fully saturated rings. The van der Waals surface area contributed by atoms with Crippen LogP contribution < -0.4 is 14.8 Å². The number of benzene rings is 3. The number of ether oxygens (including phenoxy) is 2. The average molecular weight is 457 g/mol. The summed E-state index contributed by atoms with van der Waals surface area (Å²) in [6.07, 6.45) is 0. The third-order valence-corrected chi connectivity index (χ3v) is 6.20. The van der Waals surface area contributed by atoms with E-state index in [0.29, 0.717) is 31.1 Å². The van der Waals surface area contributed by atoms with E-state index in [4.69, 9.17) is 14.5 Å². The van der Waals surface area contributed by atoms with E-state index < -0.39 is 0 Å². The summed E-state index contributed by atoms with van der Waals surface area (Å²) in [6.45, 7) is 6.03. The van der Waals surface area contributed by atoms with Crippen LogP contribution in [0, 0.1) is 6.92 Å². The molecule has 0 saturated carbocycles. The molecule has 0 aliphatic carbocycles. The molecule has 0 spiro atoms. The molecule has 7 nitrogen and oxygen atoms in total. The summed E-state index contributed by atoms with van der Waals surface area (Å²) >= 11 is 0. The molecule has 5 rings (SSSR count). The number of nitrogens with one attached hydrogen (secondary N) is 1. The van der Waals surface area contributed by atoms with Gasteiger partial charge in [0.1, 0.15) is 23.0 Å². The highest BCUT2D eigenvalue weighted by atomic mass is 16.5. The number of amides is 2. The van der Waals surface area contributed by atoms with Crippen molar-refractivity contribution in [1.29, 1.82) is 0 Å². The number of amidine groups is 1. The van der Waals surface area contributed by atoms with Crippen LogP contribution in [-0.4, -0.2) is 54.5 Å². The van der Waals surface area contributed by atoms with Crippen LogP contribution in [0.4, 0.5) is 16.2 Å². The zero-order valence-electron chi connectivity index (χ0n) is 19.6. The van der Waals surface area contributed by atoms with E-state index in [1.54, 1.807) is 7.11 Å². The number of hydrogen-bond acceptors (Lipinski definition) is 5. The summed E-state index contributed by atoms with van der Waals surface area (Å²) in [5.74, 6) is 3.12. The fourth-order valence-electron chi connectivity index (χ4n) is 4.42. The minimum Gasteiger partial charge on any atom is -0.497 e. The van der Waals surface area contributed by atoms with E-state index in [9.17, 15) is 4.79 Å². The largest absolute Gasteiger partial charge is 0.497 e. The molecule has 0 aromatic heterocycles. The zero-order chi connectivity index (χ0) is 23.7. The second-order valence-electron chi connectivity index (χ2n) is 8.66. The summed E-state index contributed by atoms with van der Waals surface area (Å²) in [7, 11) is 1.61. The van der Waals surface area contributed by atoms with E-state index in [1.807, 2.05) is 78.6 Å². The topological polar surface area (TPSA) is 66.4 Å². The SMILES string of the molecule is COc1cccc(NC(=O)N2CCN(C3=Nc4ccc(C)cc4Oc4ccccc43)CC2C)c1. The first-order valence-electron chi connectivity index (χ1n) is 11.4. The number of methoxy groups -OCH3 is 1. The van der Waals surface area contributed by atoms with Gasteiger partial charge < -0.3 is 24.6 Å². The van der Waals surface area contributed by atoms with Crippen molar-refractivity contribution in [2.45, 2.75) is 19.9 Å². The molecule has 3 aromatic rings. The van der Waals surface area contributed by atoms with Gasteiger partial charge in [0.2, 0.25) is 0 Å². The van der Waals surface area contributed by atoms with Gasteiger partial charge in [0, 0.05) is 37.4 Å². The van der Waals surface area contributed by atoms with Gasteiger partial charge in [-0.15, -0.1) is 0 Å². The lowest BCUT2D eigenvalue weighted by Gasteiger charge is -2.41. The Balaban J connectivity index is 1.37. The molecular weight excluding hydrogens is 428 g/mol. The summed E-state index contributed by atoms with van der Waals surface area (Å²) < 4.78 is 11.5. The number of urea groups is 1. The van der Waals surface area contributed by atoms with Gasteiger partial charge in [0.05, 0.1) is 12.7 Å². The quantitative estimate of drug-likeness (QED) is 0.559. The number of carbonyl (C=O) groups excluding carboxylic acids is 1. The number of nitrogens with zero attached hydrogens (tertiary/aromatic N) is 3. The fraction of sp³-hybridized carbons (Fsp3) is 0.259. The van der Waals surface area contributed by atoms with Crippen LogP contribution in [-0.2, 0) is 0 Å². The first kappa shape index (κ1) is 21.8. The number of carbonyl (C=O) groups is 1. The van der Waals surface area contributed by atoms with Gasteiger partial charge in [0.25, 0.3) is 0 Å². The molecule has 0 radical (unpaired) electrons. The third-order valence-electron chi connectivity index (χ3n) is 6.20. The van der Waals surface area contributed by atoms with Crippen molar-refractivity contribution in [2.24, 2.45) is 4.99 Å². The number of aliphatic imine (C=N–C) groups is 1. The molecule has 2 aliphatic heterocycles. The Bertz CT molecular complexity index is 1260. The first-order valence-corrected chi connectivity index (χ1v) is 11.4. The van der Waals surface area contributed by atoms with Gasteiger partial charge in [-0.3, -0.25) is 0 Å². The smallest absolute Gasteiger partial charge is 0.322 e. The molecule has 174 valence electrons. The maximum absolute atomic E-state index is 13.0. The number of aryl methyl sites for hydroxylation is 1. The lowest BCUT2D eigenvalue weighted by Crippen LogP contribution is -2.56. The van der Waals surface area contributed by atoms with Crippen LogP contribution in [0.5, 0.6) is 17.2 Å². The standard InChI is InChI=1S/C27H28N4O3/c1-18-11-12-23-25(15-18)34-24-10-5-4-9-22(24)26(29-23)30-13-14-31(19(2)17-30)27(32)28-20-7-6-8-21(16-20)33-3/h4-12,15-16,19H,13-14,17H2,1-3H3,(H,28,32). The first-order chi connectivity index (χ1) is 16.5. The van der Waals surface area contributed by atoms with Crippen LogP contribution in [0.1, 0.15) is 18.1 Å².